The summed E-state index contributed by atoms with van der Waals surface area (Å²) in [6, 6.07) is 16.7. The van der Waals surface area contributed by atoms with Crippen LogP contribution in [0, 0.1) is 0 Å². The lowest BCUT2D eigenvalue weighted by Crippen LogP contribution is -2.46. The Bertz CT molecular complexity index is 2290. The van der Waals surface area contributed by atoms with Gasteiger partial charge >= 0.3 is 12.4 Å². The second-order valence-corrected chi connectivity index (χ2v) is 32.8. The van der Waals surface area contributed by atoms with Gasteiger partial charge in [0.05, 0.1) is 39.3 Å². The number of β-amino-alcohol motifs (C(OH)–C–C–N with tert-alkyl or cyclic N) is 1. The molecule has 8 nitrogen and oxygen atoms in total. The van der Waals surface area contributed by atoms with Gasteiger partial charge < -0.3 is 19.1 Å². The highest BCUT2D eigenvalue weighted by atomic mass is 31.2. The van der Waals surface area contributed by atoms with Gasteiger partial charge in [0.1, 0.15) is 0 Å². The Kier molecular flexibility index (Phi) is 20.7. The number of nitrogens with zero attached hydrogens (tertiary/aromatic N) is 6. The minimum absolute atomic E-state index is 0.118. The average Bonchev–Trinajstić information content (AvgIpc) is 3.75. The van der Waals surface area contributed by atoms with Gasteiger partial charge in [0.2, 0.25) is 0 Å². The molecule has 2 aliphatic heterocycles. The normalized spacial score (nSPS) is 16.6. The number of aliphatic hydroxyl groups is 1. The van der Waals surface area contributed by atoms with E-state index in [4.69, 9.17) is 5.11 Å². The first-order valence-electron chi connectivity index (χ1n) is 25.1. The highest BCUT2D eigenvalue weighted by Gasteiger charge is 2.37. The van der Waals surface area contributed by atoms with Crippen LogP contribution in [0.3, 0.4) is 0 Å². The van der Waals surface area contributed by atoms with Crippen molar-refractivity contribution in [3.8, 4) is 0 Å². The van der Waals surface area contributed by atoms with Gasteiger partial charge in [-0.2, -0.15) is 26.3 Å². The predicted octanol–water partition coefficient (Wildman–Crippen LogP) is 11.6. The van der Waals surface area contributed by atoms with Crippen molar-refractivity contribution in [1.29, 1.82) is 0 Å². The summed E-state index contributed by atoms with van der Waals surface area (Å²) in [6.07, 6.45) is -2.24. The Morgan fingerprint density at radius 1 is 0.577 bits per heavy atom. The zero-order valence-corrected chi connectivity index (χ0v) is 47.2. The molecule has 71 heavy (non-hydrogen) atoms. The minimum atomic E-state index is -4.35. The topological polar surface area (TPSA) is 68.1 Å². The first-order valence-corrected chi connectivity index (χ1v) is 31.4. The molecule has 3 heterocycles. The number of hydrogen-bond acceptors (Lipinski definition) is 7. The van der Waals surface area contributed by atoms with Crippen LogP contribution < -0.4 is 5.19 Å². The van der Waals surface area contributed by atoms with Crippen molar-refractivity contribution in [3.63, 3.8) is 0 Å². The lowest BCUT2D eigenvalue weighted by Gasteiger charge is -2.35. The molecule has 4 aromatic rings. The summed E-state index contributed by atoms with van der Waals surface area (Å²) in [5.74, 6) is 0. The number of rotatable bonds is 12. The average molecular weight is 1040 g/mol. The second kappa shape index (κ2) is 24.4. The van der Waals surface area contributed by atoms with Gasteiger partial charge in [0.15, 0.2) is 0 Å². The van der Waals surface area contributed by atoms with E-state index < -0.39 is 38.7 Å². The van der Waals surface area contributed by atoms with Crippen LogP contribution in [0.1, 0.15) is 107 Å². The van der Waals surface area contributed by atoms with E-state index in [1.54, 1.807) is 30.6 Å². The van der Waals surface area contributed by atoms with Gasteiger partial charge in [-0.05, 0) is 75.1 Å². The molecule has 2 saturated heterocycles. The van der Waals surface area contributed by atoms with E-state index in [1.807, 2.05) is 72.4 Å². The molecule has 0 bridgehead atoms. The third-order valence-electron chi connectivity index (χ3n) is 13.3. The third kappa shape index (κ3) is 19.8. The van der Waals surface area contributed by atoms with Crippen molar-refractivity contribution in [2.45, 2.75) is 130 Å². The number of aromatic nitrogens is 2. The van der Waals surface area contributed by atoms with Crippen LogP contribution in [0.2, 0.25) is 19.6 Å². The highest BCUT2D eigenvalue weighted by molar-refractivity contribution is 7.62. The zero-order chi connectivity index (χ0) is 53.4. The molecular weight excluding hydrogens is 950 g/mol. The van der Waals surface area contributed by atoms with E-state index >= 15 is 0 Å². The molecular formula is C55H85F6N6O2PSi. The fourth-order valence-corrected chi connectivity index (χ4v) is 10.4. The molecule has 2 aliphatic rings. The zero-order valence-electron chi connectivity index (χ0n) is 45.3. The van der Waals surface area contributed by atoms with E-state index in [0.717, 1.165) is 65.4 Å². The molecule has 0 unspecified atom stereocenters. The van der Waals surface area contributed by atoms with Crippen LogP contribution in [-0.4, -0.2) is 134 Å². The van der Waals surface area contributed by atoms with Gasteiger partial charge in [-0.15, -0.1) is 0 Å². The van der Waals surface area contributed by atoms with Gasteiger partial charge in [0.25, 0.3) is 0 Å². The van der Waals surface area contributed by atoms with Crippen LogP contribution in [0.15, 0.2) is 73.3 Å². The monoisotopic (exact) mass is 1030 g/mol. The number of halogens is 6. The first kappa shape index (κ1) is 60.3. The van der Waals surface area contributed by atoms with Crippen LogP contribution in [0.25, 0.3) is 0 Å². The van der Waals surface area contributed by atoms with Crippen molar-refractivity contribution in [1.82, 2.24) is 29.2 Å². The largest absolute Gasteiger partial charge is 0.416 e. The lowest BCUT2D eigenvalue weighted by atomic mass is 9.85. The van der Waals surface area contributed by atoms with E-state index in [1.165, 1.54) is 23.3 Å². The van der Waals surface area contributed by atoms with Crippen LogP contribution in [0.4, 0.5) is 26.3 Å². The maximum Gasteiger partial charge on any atom is 0.416 e. The summed E-state index contributed by atoms with van der Waals surface area (Å²) in [5.41, 5.74) is 3.43. The Morgan fingerprint density at radius 2 is 1.00 bits per heavy atom. The standard InChI is InChI=1S/C20H32F3N2OP.C18H27F3N2O.C17H26N2Si/c1-19(2,3)17-7-6-16(18(14-17)20(21,22)23)15-25-10-8-24(9-11-25)12-13-27(4,5)26;1-17(2,3)15-5-4-14(16(12-15)18(19,20)21)13-23-8-6-22(7-9-23)10-11-24;1-17(2,3)15-9-14(12-19-8-7-18-13-19)10-16(11-15)20(4,5)6/h6-7,14H,8-13,15H2,1-5H3;4-5,12,24H,6-11,13H2,1-3H3;7-11,13H,12H2,1-6H3. The lowest BCUT2D eigenvalue weighted by molar-refractivity contribution is -0.139. The number of benzene rings is 3. The smallest absolute Gasteiger partial charge is 0.395 e. The van der Waals surface area contributed by atoms with Crippen LogP contribution in [-0.2, 0) is 52.8 Å². The van der Waals surface area contributed by atoms with E-state index in [9.17, 15) is 30.9 Å². The Hall–Kier alpha value is -3.30. The molecule has 16 heteroatoms. The summed E-state index contributed by atoms with van der Waals surface area (Å²) >= 11 is 0. The Labute approximate surface area is 423 Å². The summed E-state index contributed by atoms with van der Waals surface area (Å²) in [4.78, 5) is 12.6. The van der Waals surface area contributed by atoms with E-state index in [0.29, 0.717) is 48.0 Å². The van der Waals surface area contributed by atoms with Crippen molar-refractivity contribution < 1.29 is 36.0 Å². The van der Waals surface area contributed by atoms with Crippen molar-refractivity contribution >= 4 is 20.4 Å². The Balaban J connectivity index is 0.000000234. The maximum absolute atomic E-state index is 13.6. The quantitative estimate of drug-likeness (QED) is 0.0861. The predicted molar refractivity (Wildman–Crippen MR) is 285 cm³/mol. The second-order valence-electron chi connectivity index (χ2n) is 24.1. The van der Waals surface area contributed by atoms with Crippen molar-refractivity contribution in [2.24, 2.45) is 0 Å². The van der Waals surface area contributed by atoms with Gasteiger partial charge in [-0.25, -0.2) is 4.98 Å². The molecule has 1 aromatic heterocycles. The Morgan fingerprint density at radius 3 is 1.35 bits per heavy atom. The molecule has 1 N–H and O–H groups in total. The minimum Gasteiger partial charge on any atom is -0.395 e. The number of imidazole rings is 1. The molecule has 0 aliphatic carbocycles. The fraction of sp³-hybridized carbons (Fsp3) is 0.618. The van der Waals surface area contributed by atoms with E-state index in [-0.39, 0.29) is 22.9 Å². The van der Waals surface area contributed by atoms with Crippen LogP contribution >= 0.6 is 7.14 Å². The van der Waals surface area contributed by atoms with Gasteiger partial charge in [0, 0.05) is 104 Å². The molecule has 6 rings (SSSR count). The highest BCUT2D eigenvalue weighted by Crippen LogP contribution is 2.38. The molecule has 0 saturated carbocycles. The van der Waals surface area contributed by atoms with Crippen molar-refractivity contribution in [3.05, 3.63) is 118 Å². The van der Waals surface area contributed by atoms with Gasteiger partial charge in [-0.1, -0.05) is 130 Å². The maximum atomic E-state index is 13.6. The summed E-state index contributed by atoms with van der Waals surface area (Å²) < 4.78 is 95.2. The first-order chi connectivity index (χ1) is 32.5. The molecule has 0 amide bonds. The number of aliphatic hydroxyl groups excluding tert-OH is 1. The summed E-state index contributed by atoms with van der Waals surface area (Å²) in [7, 11) is -3.33. The number of alkyl halides is 6. The van der Waals surface area contributed by atoms with E-state index in [2.05, 4.69) is 87.8 Å². The van der Waals surface area contributed by atoms with Gasteiger partial charge in [-0.3, -0.25) is 14.7 Å². The SMILES string of the molecule is CC(C)(C)c1cc(Cn2ccnc2)cc([Si](C)(C)C)c1.CC(C)(C)c1ccc(CN2CCN(CCO)CC2)c(C(F)(F)F)c1.CC(C)(C)c1ccc(CN2CCN(CCP(C)(C)=O)CC2)c(C(F)(F)F)c1. The molecule has 2 fully saturated rings. The number of hydrogen-bond donors (Lipinski definition) is 1. The third-order valence-corrected chi connectivity index (χ3v) is 16.6. The number of piperazine rings is 2. The molecule has 398 valence electrons. The van der Waals surface area contributed by atoms with Crippen LogP contribution in [0.5, 0.6) is 0 Å². The molecule has 0 spiro atoms. The molecule has 0 atom stereocenters. The fourth-order valence-electron chi connectivity index (χ4n) is 8.48. The van der Waals surface area contributed by atoms with Crippen molar-refractivity contribution in [2.75, 3.05) is 91.5 Å². The summed E-state index contributed by atoms with van der Waals surface area (Å²) in [6.45, 7) is 38.4. The molecule has 0 radical (unpaired) electrons. The molecule has 3 aromatic carbocycles. The summed E-state index contributed by atoms with van der Waals surface area (Å²) in [5, 5.41) is 10.5.